The molecular formula is C12H28N8O4. The summed E-state index contributed by atoms with van der Waals surface area (Å²) in [6.45, 7) is 0.840. The maximum absolute atomic E-state index is 10.2. The van der Waals surface area contributed by atoms with Crippen LogP contribution in [0.1, 0.15) is 25.7 Å². The average Bonchev–Trinajstić information content (AvgIpc) is 2.47. The second kappa shape index (κ2) is 14.0. The molecule has 0 aliphatic rings. The van der Waals surface area contributed by atoms with Gasteiger partial charge in [-0.15, -0.1) is 0 Å². The molecule has 12 heteroatoms. The van der Waals surface area contributed by atoms with E-state index in [1.54, 1.807) is 0 Å². The third kappa shape index (κ3) is 17.5. The molecule has 2 atom stereocenters. The average molecular weight is 348 g/mol. The smallest absolute Gasteiger partial charge is 0.320 e. The highest BCUT2D eigenvalue weighted by Gasteiger charge is 2.10. The molecule has 0 rings (SSSR count). The standard InChI is InChI=1S/2C6H14N4O2/c2*7-4(5(11)12)2-1-3-10-6(8)9/h2*4H,1-3,7H2,(H,11,12)(H4,8,9,10). The SMILES string of the molecule is NC(N)=NCCCC(N)C(=O)O.NC(N)=NCCCC(N)C(=O)O. The molecule has 0 aliphatic heterocycles. The zero-order valence-electron chi connectivity index (χ0n) is 13.5. The van der Waals surface area contributed by atoms with Gasteiger partial charge in [-0.05, 0) is 25.7 Å². The van der Waals surface area contributed by atoms with Gasteiger partial charge in [0.25, 0.3) is 0 Å². The van der Waals surface area contributed by atoms with E-state index in [4.69, 9.17) is 44.6 Å². The maximum Gasteiger partial charge on any atom is 0.320 e. The Labute approximate surface area is 140 Å². The summed E-state index contributed by atoms with van der Waals surface area (Å²) in [6.07, 6.45) is 1.91. The molecule has 0 spiro atoms. The maximum atomic E-state index is 10.2. The summed E-state index contributed by atoms with van der Waals surface area (Å²) in [4.78, 5) is 27.8. The number of rotatable bonds is 10. The van der Waals surface area contributed by atoms with Crippen molar-refractivity contribution in [1.82, 2.24) is 0 Å². The van der Waals surface area contributed by atoms with Gasteiger partial charge in [-0.1, -0.05) is 0 Å². The van der Waals surface area contributed by atoms with Gasteiger partial charge in [0.15, 0.2) is 11.9 Å². The number of aliphatic imine (C=N–C) groups is 2. The van der Waals surface area contributed by atoms with Gasteiger partial charge in [-0.2, -0.15) is 0 Å². The Morgan fingerprint density at radius 2 is 1.04 bits per heavy atom. The van der Waals surface area contributed by atoms with Crippen molar-refractivity contribution in [3.63, 3.8) is 0 Å². The fourth-order valence-corrected chi connectivity index (χ4v) is 1.29. The van der Waals surface area contributed by atoms with Crippen molar-refractivity contribution in [2.24, 2.45) is 44.4 Å². The van der Waals surface area contributed by atoms with Crippen molar-refractivity contribution >= 4 is 23.9 Å². The molecule has 24 heavy (non-hydrogen) atoms. The summed E-state index contributed by atoms with van der Waals surface area (Å²) in [5.74, 6) is -1.97. The Morgan fingerprint density at radius 3 is 1.25 bits per heavy atom. The van der Waals surface area contributed by atoms with Gasteiger partial charge < -0.3 is 44.6 Å². The van der Waals surface area contributed by atoms with Crippen LogP contribution in [-0.2, 0) is 9.59 Å². The molecule has 0 aromatic heterocycles. The molecule has 0 amide bonds. The van der Waals surface area contributed by atoms with Crippen LogP contribution in [0.15, 0.2) is 9.98 Å². The highest BCUT2D eigenvalue weighted by Crippen LogP contribution is 1.95. The van der Waals surface area contributed by atoms with E-state index >= 15 is 0 Å². The molecule has 0 radical (unpaired) electrons. The fourth-order valence-electron chi connectivity index (χ4n) is 1.29. The molecule has 140 valence electrons. The quantitative estimate of drug-likeness (QED) is 0.112. The number of nitrogens with zero attached hydrogens (tertiary/aromatic N) is 2. The van der Waals surface area contributed by atoms with E-state index in [0.717, 1.165) is 0 Å². The first-order valence-electron chi connectivity index (χ1n) is 7.15. The number of aliphatic carboxylic acids is 2. The first kappa shape index (κ1) is 23.7. The first-order valence-corrected chi connectivity index (χ1v) is 7.15. The van der Waals surface area contributed by atoms with E-state index in [9.17, 15) is 9.59 Å². The first-order chi connectivity index (χ1) is 11.1. The van der Waals surface area contributed by atoms with Gasteiger partial charge in [0.2, 0.25) is 0 Å². The van der Waals surface area contributed by atoms with E-state index in [0.29, 0.717) is 38.8 Å². The number of nitrogens with two attached hydrogens (primary N) is 6. The van der Waals surface area contributed by atoms with E-state index in [-0.39, 0.29) is 11.9 Å². The topological polar surface area (TPSA) is 255 Å². The van der Waals surface area contributed by atoms with E-state index in [1.807, 2.05) is 0 Å². The van der Waals surface area contributed by atoms with Crippen molar-refractivity contribution < 1.29 is 19.8 Å². The molecule has 0 aromatic rings. The molecule has 0 aromatic carbocycles. The Bertz CT molecular complexity index is 393. The normalized spacial score (nSPS) is 12.1. The molecule has 12 nitrogen and oxygen atoms in total. The van der Waals surface area contributed by atoms with Crippen LogP contribution < -0.4 is 34.4 Å². The second-order valence-corrected chi connectivity index (χ2v) is 4.79. The third-order valence-electron chi connectivity index (χ3n) is 2.57. The third-order valence-corrected chi connectivity index (χ3v) is 2.57. The monoisotopic (exact) mass is 348 g/mol. The van der Waals surface area contributed by atoms with Crippen LogP contribution in [0.3, 0.4) is 0 Å². The minimum absolute atomic E-state index is 0.0129. The van der Waals surface area contributed by atoms with Crippen LogP contribution in [0.2, 0.25) is 0 Å². The van der Waals surface area contributed by atoms with Gasteiger partial charge in [0, 0.05) is 13.1 Å². The Kier molecular flexibility index (Phi) is 13.8. The highest BCUT2D eigenvalue weighted by atomic mass is 16.4. The molecule has 0 saturated heterocycles. The van der Waals surface area contributed by atoms with Gasteiger partial charge in [-0.3, -0.25) is 19.6 Å². The summed E-state index contributed by atoms with van der Waals surface area (Å²) in [7, 11) is 0. The van der Waals surface area contributed by atoms with Crippen molar-refractivity contribution in [3.8, 4) is 0 Å². The number of carbonyl (C=O) groups is 2. The van der Waals surface area contributed by atoms with Gasteiger partial charge in [0.05, 0.1) is 0 Å². The van der Waals surface area contributed by atoms with E-state index in [2.05, 4.69) is 9.98 Å². The molecule has 0 fully saturated rings. The Balaban J connectivity index is 0. The number of hydrogen-bond acceptors (Lipinski definition) is 6. The van der Waals surface area contributed by atoms with Crippen molar-refractivity contribution in [2.45, 2.75) is 37.8 Å². The van der Waals surface area contributed by atoms with Crippen LogP contribution in [0.4, 0.5) is 0 Å². The number of carboxylic acid groups (broad SMARTS) is 2. The molecule has 2 unspecified atom stereocenters. The minimum Gasteiger partial charge on any atom is -0.480 e. The molecule has 0 aliphatic carbocycles. The minimum atomic E-state index is -1.00. The molecular weight excluding hydrogens is 320 g/mol. The Hall–Kier alpha value is -2.60. The van der Waals surface area contributed by atoms with Crippen molar-refractivity contribution in [3.05, 3.63) is 0 Å². The van der Waals surface area contributed by atoms with Crippen LogP contribution in [0, 0.1) is 0 Å². The summed E-state index contributed by atoms with van der Waals surface area (Å²) in [6, 6.07) is -1.64. The van der Waals surface area contributed by atoms with Crippen molar-refractivity contribution in [1.29, 1.82) is 0 Å². The lowest BCUT2D eigenvalue weighted by Gasteiger charge is -2.03. The number of hydrogen-bond donors (Lipinski definition) is 8. The second-order valence-electron chi connectivity index (χ2n) is 4.79. The van der Waals surface area contributed by atoms with Crippen LogP contribution in [0.5, 0.6) is 0 Å². The van der Waals surface area contributed by atoms with Crippen LogP contribution >= 0.6 is 0 Å². The van der Waals surface area contributed by atoms with Crippen LogP contribution in [0.25, 0.3) is 0 Å². The lowest BCUT2D eigenvalue weighted by molar-refractivity contribution is -0.139. The zero-order valence-corrected chi connectivity index (χ0v) is 13.5. The number of guanidine groups is 2. The largest absolute Gasteiger partial charge is 0.480 e. The van der Waals surface area contributed by atoms with Gasteiger partial charge >= 0.3 is 11.9 Å². The summed E-state index contributed by atoms with van der Waals surface area (Å²) >= 11 is 0. The lowest BCUT2D eigenvalue weighted by atomic mass is 10.2. The van der Waals surface area contributed by atoms with E-state index in [1.165, 1.54) is 0 Å². The van der Waals surface area contributed by atoms with E-state index < -0.39 is 24.0 Å². The molecule has 0 bridgehead atoms. The predicted octanol–water partition coefficient (Wildman–Crippen LogP) is -3.10. The van der Waals surface area contributed by atoms with Gasteiger partial charge in [0.1, 0.15) is 12.1 Å². The van der Waals surface area contributed by atoms with Gasteiger partial charge in [-0.25, -0.2) is 0 Å². The Morgan fingerprint density at radius 1 is 0.750 bits per heavy atom. The summed E-state index contributed by atoms with van der Waals surface area (Å²) in [5.41, 5.74) is 30.6. The molecule has 0 heterocycles. The predicted molar refractivity (Wildman–Crippen MR) is 91.0 cm³/mol. The lowest BCUT2D eigenvalue weighted by Crippen LogP contribution is -2.30. The summed E-state index contributed by atoms with van der Waals surface area (Å²) < 4.78 is 0. The molecule has 14 N–H and O–H groups in total. The van der Waals surface area contributed by atoms with Crippen LogP contribution in [-0.4, -0.2) is 59.2 Å². The van der Waals surface area contributed by atoms with Crippen molar-refractivity contribution in [2.75, 3.05) is 13.1 Å². The molecule has 0 saturated carbocycles. The zero-order chi connectivity index (χ0) is 19.1. The fraction of sp³-hybridized carbons (Fsp3) is 0.667. The number of carboxylic acids is 2. The highest BCUT2D eigenvalue weighted by molar-refractivity contribution is 5.76. The summed E-state index contributed by atoms with van der Waals surface area (Å²) in [5, 5.41) is 16.8.